The number of nitrogens with zero attached hydrogens (tertiary/aromatic N) is 1. The van der Waals surface area contributed by atoms with E-state index in [1.165, 1.54) is 11.3 Å². The smallest absolute Gasteiger partial charge is 0.267 e. The summed E-state index contributed by atoms with van der Waals surface area (Å²) in [5, 5.41) is 0. The number of carbonyl (C=O) groups excluding carboxylic acids is 1. The van der Waals surface area contributed by atoms with E-state index < -0.39 is 0 Å². The summed E-state index contributed by atoms with van der Waals surface area (Å²) in [5.41, 5.74) is 5.94. The van der Waals surface area contributed by atoms with Crippen LogP contribution in [0.25, 0.3) is 0 Å². The van der Waals surface area contributed by atoms with Crippen molar-refractivity contribution in [3.8, 4) is 5.75 Å². The van der Waals surface area contributed by atoms with E-state index in [1.807, 2.05) is 18.7 Å². The molecule has 0 saturated carbocycles. The third-order valence-electron chi connectivity index (χ3n) is 3.94. The van der Waals surface area contributed by atoms with Gasteiger partial charge in [0.1, 0.15) is 4.88 Å². The molecule has 1 aromatic heterocycles. The first-order valence-corrected chi connectivity index (χ1v) is 8.44. The van der Waals surface area contributed by atoms with Crippen molar-refractivity contribution >= 4 is 45.6 Å². The maximum Gasteiger partial charge on any atom is 0.267 e. The predicted molar refractivity (Wildman–Crippen MR) is 92.8 cm³/mol. The Balaban J connectivity index is 0.00000220. The molecule has 0 aromatic carbocycles. The lowest BCUT2D eigenvalue weighted by molar-refractivity contribution is 0.0683. The van der Waals surface area contributed by atoms with Crippen LogP contribution in [0.4, 0.5) is 0 Å². The third kappa shape index (κ3) is 3.92. The molecule has 1 fully saturated rings. The van der Waals surface area contributed by atoms with Gasteiger partial charge in [0, 0.05) is 24.0 Å². The van der Waals surface area contributed by atoms with E-state index in [1.54, 1.807) is 7.11 Å². The van der Waals surface area contributed by atoms with E-state index in [-0.39, 0.29) is 24.4 Å². The number of carbonyl (C=O) groups is 1. The fourth-order valence-corrected chi connectivity index (χ4v) is 4.32. The molecule has 2 heterocycles. The molecule has 0 bridgehead atoms. The van der Waals surface area contributed by atoms with Crippen LogP contribution in [0.1, 0.15) is 34.3 Å². The highest BCUT2D eigenvalue weighted by Gasteiger charge is 2.29. The molecule has 1 unspecified atom stereocenters. The summed E-state index contributed by atoms with van der Waals surface area (Å²) in [7, 11) is 1.60. The number of likely N-dealkylation sites (tertiary alicyclic amines) is 1. The standard InChI is InChI=1S/C14H21BrN2O2S.ClH/c1-8(16)10-4-6-17(7-5-10)14(18)13-12(19-3)11(15)9(2)20-13;/h8,10H,4-7,16H2,1-3H3;1H. The molecule has 2 rings (SSSR count). The lowest BCUT2D eigenvalue weighted by Gasteiger charge is -2.33. The molecule has 0 spiro atoms. The monoisotopic (exact) mass is 396 g/mol. The van der Waals surface area contributed by atoms with Crippen molar-refractivity contribution in [3.63, 3.8) is 0 Å². The van der Waals surface area contributed by atoms with Crippen LogP contribution in [0.2, 0.25) is 0 Å². The van der Waals surface area contributed by atoms with Gasteiger partial charge in [-0.3, -0.25) is 4.79 Å². The number of aryl methyl sites for hydroxylation is 1. The molecule has 0 aliphatic carbocycles. The van der Waals surface area contributed by atoms with Gasteiger partial charge in [-0.2, -0.15) is 0 Å². The van der Waals surface area contributed by atoms with Gasteiger partial charge in [0.25, 0.3) is 5.91 Å². The Hall–Kier alpha value is -0.300. The second kappa shape index (κ2) is 7.81. The molecule has 2 N–H and O–H groups in total. The summed E-state index contributed by atoms with van der Waals surface area (Å²) in [4.78, 5) is 16.3. The number of halogens is 2. The zero-order chi connectivity index (χ0) is 14.9. The zero-order valence-corrected chi connectivity index (χ0v) is 15.7. The fourth-order valence-electron chi connectivity index (χ4n) is 2.60. The van der Waals surface area contributed by atoms with Crippen molar-refractivity contribution in [3.05, 3.63) is 14.2 Å². The Labute approximate surface area is 144 Å². The molecule has 1 aliphatic heterocycles. The third-order valence-corrected chi connectivity index (χ3v) is 6.23. The van der Waals surface area contributed by atoms with Crippen LogP contribution in [0.5, 0.6) is 5.75 Å². The molecular weight excluding hydrogens is 376 g/mol. The number of piperidine rings is 1. The topological polar surface area (TPSA) is 55.6 Å². The molecule has 120 valence electrons. The quantitative estimate of drug-likeness (QED) is 0.850. The number of amides is 1. The SMILES string of the molecule is COc1c(C(=O)N2CCC(C(C)N)CC2)sc(C)c1Br.Cl. The molecule has 1 aromatic rings. The van der Waals surface area contributed by atoms with E-state index in [0.717, 1.165) is 35.3 Å². The number of ether oxygens (including phenoxy) is 1. The largest absolute Gasteiger partial charge is 0.494 e. The summed E-state index contributed by atoms with van der Waals surface area (Å²) >= 11 is 4.97. The molecule has 1 aliphatic rings. The van der Waals surface area contributed by atoms with Gasteiger partial charge in [-0.05, 0) is 48.5 Å². The van der Waals surface area contributed by atoms with E-state index in [2.05, 4.69) is 15.9 Å². The van der Waals surface area contributed by atoms with Gasteiger partial charge in [-0.25, -0.2) is 0 Å². The number of hydrogen-bond donors (Lipinski definition) is 1. The van der Waals surface area contributed by atoms with Gasteiger partial charge in [0.05, 0.1) is 11.6 Å². The molecule has 0 radical (unpaired) electrons. The first kappa shape index (κ1) is 18.7. The number of rotatable bonds is 3. The lowest BCUT2D eigenvalue weighted by Crippen LogP contribution is -2.42. The second-order valence-corrected chi connectivity index (χ2v) is 7.34. The minimum absolute atomic E-state index is 0. The molecule has 1 saturated heterocycles. The van der Waals surface area contributed by atoms with Gasteiger partial charge in [0.2, 0.25) is 0 Å². The Morgan fingerprint density at radius 3 is 2.52 bits per heavy atom. The van der Waals surface area contributed by atoms with Gasteiger partial charge in [0.15, 0.2) is 5.75 Å². The Kier molecular flexibility index (Phi) is 6.97. The van der Waals surface area contributed by atoms with Crippen LogP contribution < -0.4 is 10.5 Å². The highest BCUT2D eigenvalue weighted by atomic mass is 79.9. The van der Waals surface area contributed by atoms with Crippen LogP contribution in [-0.4, -0.2) is 37.0 Å². The van der Waals surface area contributed by atoms with Crippen LogP contribution in [-0.2, 0) is 0 Å². The van der Waals surface area contributed by atoms with Crippen LogP contribution >= 0.6 is 39.7 Å². The average molecular weight is 398 g/mol. The van der Waals surface area contributed by atoms with Gasteiger partial charge >= 0.3 is 0 Å². The molecule has 7 heteroatoms. The van der Waals surface area contributed by atoms with Crippen molar-refractivity contribution in [2.24, 2.45) is 11.7 Å². The second-order valence-electron chi connectivity index (χ2n) is 5.32. The highest BCUT2D eigenvalue weighted by Crippen LogP contribution is 2.40. The zero-order valence-electron chi connectivity index (χ0n) is 12.5. The maximum atomic E-state index is 12.6. The molecule has 4 nitrogen and oxygen atoms in total. The van der Waals surface area contributed by atoms with Crippen molar-refractivity contribution in [1.29, 1.82) is 0 Å². The number of thiophene rings is 1. The Morgan fingerprint density at radius 2 is 2.05 bits per heavy atom. The fraction of sp³-hybridized carbons (Fsp3) is 0.643. The molecule has 21 heavy (non-hydrogen) atoms. The lowest BCUT2D eigenvalue weighted by atomic mass is 9.91. The number of methoxy groups -OCH3 is 1. The van der Waals surface area contributed by atoms with Crippen LogP contribution in [0.3, 0.4) is 0 Å². The first-order valence-electron chi connectivity index (χ1n) is 6.83. The predicted octanol–water partition coefficient (Wildman–Crippen LogP) is 3.45. The van der Waals surface area contributed by atoms with Crippen molar-refractivity contribution in [2.45, 2.75) is 32.7 Å². The highest BCUT2D eigenvalue weighted by molar-refractivity contribution is 9.10. The van der Waals surface area contributed by atoms with Crippen molar-refractivity contribution in [2.75, 3.05) is 20.2 Å². The van der Waals surface area contributed by atoms with Crippen LogP contribution in [0, 0.1) is 12.8 Å². The summed E-state index contributed by atoms with van der Waals surface area (Å²) in [6.07, 6.45) is 1.97. The first-order chi connectivity index (χ1) is 9.45. The molecule has 1 amide bonds. The van der Waals surface area contributed by atoms with E-state index in [9.17, 15) is 4.79 Å². The minimum atomic E-state index is 0. The average Bonchev–Trinajstić information content (AvgIpc) is 2.73. The number of hydrogen-bond acceptors (Lipinski definition) is 4. The van der Waals surface area contributed by atoms with Crippen molar-refractivity contribution in [1.82, 2.24) is 4.90 Å². The minimum Gasteiger partial charge on any atom is -0.494 e. The summed E-state index contributed by atoms with van der Waals surface area (Å²) in [6, 6.07) is 0.208. The van der Waals surface area contributed by atoms with Gasteiger partial charge < -0.3 is 15.4 Å². The maximum absolute atomic E-state index is 12.6. The van der Waals surface area contributed by atoms with Crippen molar-refractivity contribution < 1.29 is 9.53 Å². The van der Waals surface area contributed by atoms with E-state index in [4.69, 9.17) is 10.5 Å². The van der Waals surface area contributed by atoms with E-state index in [0.29, 0.717) is 16.5 Å². The van der Waals surface area contributed by atoms with Gasteiger partial charge in [-0.1, -0.05) is 0 Å². The van der Waals surface area contributed by atoms with Crippen LogP contribution in [0.15, 0.2) is 4.47 Å². The Morgan fingerprint density at radius 1 is 1.48 bits per heavy atom. The summed E-state index contributed by atoms with van der Waals surface area (Å²) in [5.74, 6) is 1.26. The van der Waals surface area contributed by atoms with E-state index >= 15 is 0 Å². The Bertz CT molecular complexity index is 499. The molecular formula is C14H22BrClN2O2S. The van der Waals surface area contributed by atoms with Gasteiger partial charge in [-0.15, -0.1) is 23.7 Å². The normalized spacial score (nSPS) is 17.3. The summed E-state index contributed by atoms with van der Waals surface area (Å²) < 4.78 is 6.25. The number of nitrogens with two attached hydrogens (primary N) is 1. The molecule has 1 atom stereocenters. The summed E-state index contributed by atoms with van der Waals surface area (Å²) in [6.45, 7) is 5.59.